The van der Waals surface area contributed by atoms with Crippen LogP contribution >= 0.6 is 0 Å². The van der Waals surface area contributed by atoms with E-state index in [4.69, 9.17) is 9.47 Å². The molecule has 0 radical (unpaired) electrons. The van der Waals surface area contributed by atoms with Crippen molar-refractivity contribution < 1.29 is 14.3 Å². The number of hydrogen-bond acceptors (Lipinski definition) is 3. The van der Waals surface area contributed by atoms with E-state index in [1.54, 1.807) is 0 Å². The van der Waals surface area contributed by atoms with Gasteiger partial charge in [0.25, 0.3) is 0 Å². The minimum Gasteiger partial charge on any atom is -0.494 e. The van der Waals surface area contributed by atoms with E-state index in [-0.39, 0.29) is 18.0 Å². The van der Waals surface area contributed by atoms with E-state index in [0.29, 0.717) is 26.2 Å². The highest BCUT2D eigenvalue weighted by Crippen LogP contribution is 2.17. The van der Waals surface area contributed by atoms with Crippen LogP contribution in [0.1, 0.15) is 26.3 Å². The van der Waals surface area contributed by atoms with Crippen molar-refractivity contribution in [3.8, 4) is 5.75 Å². The number of rotatable bonds is 4. The molecule has 2 rings (SSSR count). The molecule has 1 fully saturated rings. The van der Waals surface area contributed by atoms with Crippen LogP contribution in [-0.4, -0.2) is 42.7 Å². The fourth-order valence-electron chi connectivity index (χ4n) is 2.63. The fraction of sp³-hybridized carbons (Fsp3) is 0.562. The van der Waals surface area contributed by atoms with Crippen molar-refractivity contribution in [2.75, 3.05) is 19.8 Å². The van der Waals surface area contributed by atoms with Crippen LogP contribution in [-0.2, 0) is 16.0 Å². The molecule has 0 N–H and O–H groups in total. The van der Waals surface area contributed by atoms with Gasteiger partial charge in [0.2, 0.25) is 5.91 Å². The number of nitrogens with zero attached hydrogens (tertiary/aromatic N) is 1. The predicted octanol–water partition coefficient (Wildman–Crippen LogP) is 2.26. The lowest BCUT2D eigenvalue weighted by atomic mass is 10.1. The Labute approximate surface area is 120 Å². The van der Waals surface area contributed by atoms with Crippen LogP contribution < -0.4 is 4.74 Å². The van der Waals surface area contributed by atoms with Gasteiger partial charge in [-0.25, -0.2) is 0 Å². The van der Waals surface area contributed by atoms with Gasteiger partial charge in [-0.05, 0) is 38.5 Å². The van der Waals surface area contributed by atoms with Gasteiger partial charge in [-0.1, -0.05) is 12.1 Å². The molecule has 0 aromatic heterocycles. The van der Waals surface area contributed by atoms with Gasteiger partial charge in [0.15, 0.2) is 0 Å². The summed E-state index contributed by atoms with van der Waals surface area (Å²) in [7, 11) is 0. The lowest BCUT2D eigenvalue weighted by Gasteiger charge is -2.38. The molecule has 0 saturated carbocycles. The van der Waals surface area contributed by atoms with Crippen molar-refractivity contribution in [1.82, 2.24) is 4.90 Å². The number of carbonyl (C=O) groups is 1. The Morgan fingerprint density at radius 2 is 1.85 bits per heavy atom. The molecule has 4 nitrogen and oxygen atoms in total. The second kappa shape index (κ2) is 6.75. The molecule has 0 bridgehead atoms. The molecule has 1 heterocycles. The third-order valence-electron chi connectivity index (χ3n) is 3.55. The van der Waals surface area contributed by atoms with Crippen LogP contribution in [0, 0.1) is 0 Å². The van der Waals surface area contributed by atoms with E-state index >= 15 is 0 Å². The third-order valence-corrected chi connectivity index (χ3v) is 3.55. The average Bonchev–Trinajstić information content (AvgIpc) is 2.41. The molecule has 110 valence electrons. The van der Waals surface area contributed by atoms with E-state index in [1.807, 2.05) is 49.9 Å². The Morgan fingerprint density at radius 3 is 2.40 bits per heavy atom. The van der Waals surface area contributed by atoms with Gasteiger partial charge in [0, 0.05) is 0 Å². The fourth-order valence-corrected chi connectivity index (χ4v) is 2.63. The lowest BCUT2D eigenvalue weighted by Crippen LogP contribution is -2.53. The van der Waals surface area contributed by atoms with Gasteiger partial charge in [-0.3, -0.25) is 4.79 Å². The molecule has 4 heteroatoms. The summed E-state index contributed by atoms with van der Waals surface area (Å²) < 4.78 is 10.9. The summed E-state index contributed by atoms with van der Waals surface area (Å²) in [5.41, 5.74) is 1.02. The molecule has 1 aromatic rings. The SMILES string of the molecule is CCOc1ccc(CC(=O)N2C(C)COCC2C)cc1. The number of carbonyl (C=O) groups excluding carboxylic acids is 1. The molecule has 1 aliphatic heterocycles. The first-order valence-corrected chi connectivity index (χ1v) is 7.22. The molecule has 2 unspecified atom stereocenters. The largest absolute Gasteiger partial charge is 0.494 e. The van der Waals surface area contributed by atoms with Gasteiger partial charge in [0.05, 0.1) is 38.3 Å². The predicted molar refractivity (Wildman–Crippen MR) is 77.9 cm³/mol. The first-order valence-electron chi connectivity index (χ1n) is 7.22. The molecule has 20 heavy (non-hydrogen) atoms. The van der Waals surface area contributed by atoms with Crippen molar-refractivity contribution in [3.05, 3.63) is 29.8 Å². The van der Waals surface area contributed by atoms with Crippen LogP contribution in [0.4, 0.5) is 0 Å². The first kappa shape index (κ1) is 14.9. The average molecular weight is 277 g/mol. The van der Waals surface area contributed by atoms with Crippen LogP contribution in [0.2, 0.25) is 0 Å². The molecule has 0 spiro atoms. The Morgan fingerprint density at radius 1 is 1.25 bits per heavy atom. The topological polar surface area (TPSA) is 38.8 Å². The standard InChI is InChI=1S/C16H23NO3/c1-4-20-15-7-5-14(6-8-15)9-16(18)17-12(2)10-19-11-13(17)3/h5-8,12-13H,4,9-11H2,1-3H3. The molecule has 0 aliphatic carbocycles. The van der Waals surface area contributed by atoms with E-state index in [1.165, 1.54) is 0 Å². The lowest BCUT2D eigenvalue weighted by molar-refractivity contribution is -0.143. The van der Waals surface area contributed by atoms with E-state index < -0.39 is 0 Å². The van der Waals surface area contributed by atoms with Crippen LogP contribution in [0.25, 0.3) is 0 Å². The Balaban J connectivity index is 1.99. The first-order chi connectivity index (χ1) is 9.61. The van der Waals surface area contributed by atoms with Crippen molar-refractivity contribution in [3.63, 3.8) is 0 Å². The van der Waals surface area contributed by atoms with Crippen molar-refractivity contribution in [2.45, 2.75) is 39.3 Å². The monoisotopic (exact) mass is 277 g/mol. The Kier molecular flexibility index (Phi) is 5.01. The molecule has 1 amide bonds. The summed E-state index contributed by atoms with van der Waals surface area (Å²) in [6.07, 6.45) is 0.432. The highest BCUT2D eigenvalue weighted by molar-refractivity contribution is 5.79. The minimum atomic E-state index is 0.147. The second-order valence-corrected chi connectivity index (χ2v) is 5.29. The smallest absolute Gasteiger partial charge is 0.227 e. The van der Waals surface area contributed by atoms with Crippen LogP contribution in [0.5, 0.6) is 5.75 Å². The zero-order valence-electron chi connectivity index (χ0n) is 12.5. The Hall–Kier alpha value is -1.55. The summed E-state index contributed by atoms with van der Waals surface area (Å²) in [6, 6.07) is 8.04. The van der Waals surface area contributed by atoms with Crippen molar-refractivity contribution in [2.24, 2.45) is 0 Å². The summed E-state index contributed by atoms with van der Waals surface area (Å²) in [6.45, 7) is 7.93. The van der Waals surface area contributed by atoms with Crippen molar-refractivity contribution >= 4 is 5.91 Å². The number of ether oxygens (including phenoxy) is 2. The zero-order chi connectivity index (χ0) is 14.5. The number of amides is 1. The van der Waals surface area contributed by atoms with Gasteiger partial charge >= 0.3 is 0 Å². The molecular formula is C16H23NO3. The highest BCUT2D eigenvalue weighted by atomic mass is 16.5. The molecule has 2 atom stereocenters. The molecule has 1 aromatic carbocycles. The third kappa shape index (κ3) is 3.51. The van der Waals surface area contributed by atoms with E-state index in [2.05, 4.69) is 0 Å². The normalized spacial score (nSPS) is 22.6. The van der Waals surface area contributed by atoms with Gasteiger partial charge in [-0.15, -0.1) is 0 Å². The van der Waals surface area contributed by atoms with Crippen LogP contribution in [0.15, 0.2) is 24.3 Å². The Bertz CT molecular complexity index is 434. The summed E-state index contributed by atoms with van der Waals surface area (Å²) in [4.78, 5) is 14.4. The summed E-state index contributed by atoms with van der Waals surface area (Å²) in [5, 5.41) is 0. The zero-order valence-corrected chi connectivity index (χ0v) is 12.5. The minimum absolute atomic E-state index is 0.147. The van der Waals surface area contributed by atoms with Crippen molar-refractivity contribution in [1.29, 1.82) is 0 Å². The quantitative estimate of drug-likeness (QED) is 0.847. The number of morpholine rings is 1. The maximum absolute atomic E-state index is 12.4. The molecule has 1 aliphatic rings. The highest BCUT2D eigenvalue weighted by Gasteiger charge is 2.29. The van der Waals surface area contributed by atoms with Gasteiger partial charge < -0.3 is 14.4 Å². The van der Waals surface area contributed by atoms with Crippen LogP contribution in [0.3, 0.4) is 0 Å². The number of hydrogen-bond donors (Lipinski definition) is 0. The number of benzene rings is 1. The summed E-state index contributed by atoms with van der Waals surface area (Å²) in [5.74, 6) is 1.01. The maximum atomic E-state index is 12.4. The second-order valence-electron chi connectivity index (χ2n) is 5.29. The van der Waals surface area contributed by atoms with E-state index in [0.717, 1.165) is 11.3 Å². The summed E-state index contributed by atoms with van der Waals surface area (Å²) >= 11 is 0. The van der Waals surface area contributed by atoms with Gasteiger partial charge in [0.1, 0.15) is 5.75 Å². The molecule has 1 saturated heterocycles. The molecular weight excluding hydrogens is 254 g/mol. The van der Waals surface area contributed by atoms with E-state index in [9.17, 15) is 4.79 Å². The van der Waals surface area contributed by atoms with Gasteiger partial charge in [-0.2, -0.15) is 0 Å². The maximum Gasteiger partial charge on any atom is 0.227 e.